The third-order valence-electron chi connectivity index (χ3n) is 10.8. The topological polar surface area (TPSA) is 64.6 Å². The Kier molecular flexibility index (Phi) is 5.02. The number of ether oxygens (including phenoxy) is 2. The van der Waals surface area contributed by atoms with E-state index in [-0.39, 0.29) is 29.1 Å². The Hall–Kier alpha value is -1.46. The molecule has 0 aromatic rings. The number of nitrogens with one attached hydrogen (secondary N) is 1. The molecule has 0 bridgehead atoms. The van der Waals surface area contributed by atoms with E-state index in [1.54, 1.807) is 0 Å². The molecule has 5 heteroatoms. The molecule has 6 aliphatic rings. The average Bonchev–Trinajstić information content (AvgIpc) is 3.24. The average molecular weight is 454 g/mol. The van der Waals surface area contributed by atoms with Crippen molar-refractivity contribution in [3.8, 4) is 0 Å². The molecule has 5 nitrogen and oxygen atoms in total. The lowest BCUT2D eigenvalue weighted by Crippen LogP contribution is -2.49. The van der Waals surface area contributed by atoms with Gasteiger partial charge in [-0.3, -0.25) is 9.59 Å². The molecule has 2 saturated carbocycles. The predicted octanol–water partition coefficient (Wildman–Crippen LogP) is 4.36. The highest BCUT2D eigenvalue weighted by Crippen LogP contribution is 2.63. The van der Waals surface area contributed by atoms with Gasteiger partial charge in [0.1, 0.15) is 6.10 Å². The molecule has 0 aromatic carbocycles. The van der Waals surface area contributed by atoms with Crippen LogP contribution in [0.5, 0.6) is 0 Å². The molecule has 2 aliphatic heterocycles. The monoisotopic (exact) mass is 453 g/mol. The summed E-state index contributed by atoms with van der Waals surface area (Å²) in [6.07, 6.45) is 9.37. The Morgan fingerprint density at radius 1 is 1.24 bits per heavy atom. The summed E-state index contributed by atoms with van der Waals surface area (Å²) in [6, 6.07) is 0.394. The number of fused-ring (bicyclic) bond motifs is 6. The van der Waals surface area contributed by atoms with Gasteiger partial charge in [-0.1, -0.05) is 32.4 Å². The Balaban J connectivity index is 1.35. The first kappa shape index (κ1) is 22.0. The summed E-state index contributed by atoms with van der Waals surface area (Å²) in [5.41, 5.74) is 3.33. The van der Waals surface area contributed by atoms with Crippen LogP contribution >= 0.6 is 0 Å². The van der Waals surface area contributed by atoms with Gasteiger partial charge in [-0.25, -0.2) is 0 Å². The van der Waals surface area contributed by atoms with Gasteiger partial charge in [-0.05, 0) is 80.7 Å². The summed E-state index contributed by atoms with van der Waals surface area (Å²) < 4.78 is 12.3. The molecular formula is C28H39NO4. The summed E-state index contributed by atoms with van der Waals surface area (Å²) in [4.78, 5) is 25.1. The molecule has 10 atom stereocenters. The Morgan fingerprint density at radius 2 is 2.06 bits per heavy atom. The van der Waals surface area contributed by atoms with Crippen molar-refractivity contribution >= 4 is 12.3 Å². The van der Waals surface area contributed by atoms with Crippen molar-refractivity contribution in [3.63, 3.8) is 0 Å². The number of Topliss-reactive ketones (excluding diaryl/α,β-unsaturated/α-hetero) is 1. The van der Waals surface area contributed by atoms with Crippen molar-refractivity contribution in [2.75, 3.05) is 6.54 Å². The lowest BCUT2D eigenvalue weighted by Gasteiger charge is -2.48. The van der Waals surface area contributed by atoms with E-state index in [1.165, 1.54) is 11.1 Å². The maximum absolute atomic E-state index is 14.2. The fourth-order valence-electron chi connectivity index (χ4n) is 9.11. The highest BCUT2D eigenvalue weighted by atomic mass is 16.5. The first-order chi connectivity index (χ1) is 15.8. The van der Waals surface area contributed by atoms with Crippen LogP contribution in [0, 0.1) is 35.0 Å². The van der Waals surface area contributed by atoms with E-state index >= 15 is 0 Å². The van der Waals surface area contributed by atoms with Gasteiger partial charge in [0, 0.05) is 29.9 Å². The standard InChI is InChI=1S/C28H39NO4/c1-15-11-22-25(29-13-15)17(3)28(33-22)10-8-20-21-6-5-18-12-19(32-14-30)7-9-27(18,4)24(21)26(31)23(20)16(28)2/h5,14-15,17,19-22,24-25,29H,6-13H2,1-4H3. The van der Waals surface area contributed by atoms with Gasteiger partial charge in [0.15, 0.2) is 5.78 Å². The summed E-state index contributed by atoms with van der Waals surface area (Å²) in [6.45, 7) is 10.8. The second-order valence-electron chi connectivity index (χ2n) is 12.3. The van der Waals surface area contributed by atoms with Crippen LogP contribution in [-0.4, -0.2) is 42.7 Å². The number of carbonyl (C=O) groups excluding carboxylic acids is 2. The molecule has 2 heterocycles. The lowest BCUT2D eigenvalue weighted by molar-refractivity contribution is -0.136. The van der Waals surface area contributed by atoms with E-state index in [9.17, 15) is 9.59 Å². The lowest BCUT2D eigenvalue weighted by atomic mass is 9.56. The van der Waals surface area contributed by atoms with Crippen LogP contribution in [0.3, 0.4) is 0 Å². The van der Waals surface area contributed by atoms with E-state index in [0.29, 0.717) is 42.0 Å². The maximum atomic E-state index is 14.2. The van der Waals surface area contributed by atoms with E-state index in [0.717, 1.165) is 57.1 Å². The van der Waals surface area contributed by atoms with Crippen LogP contribution < -0.4 is 5.32 Å². The minimum Gasteiger partial charge on any atom is -0.464 e. The first-order valence-corrected chi connectivity index (χ1v) is 13.3. The maximum Gasteiger partial charge on any atom is 0.293 e. The number of rotatable bonds is 2. The first-order valence-electron chi connectivity index (χ1n) is 13.3. The molecule has 6 rings (SSSR count). The van der Waals surface area contributed by atoms with Crippen LogP contribution in [0.2, 0.25) is 0 Å². The van der Waals surface area contributed by atoms with E-state index < -0.39 is 0 Å². The van der Waals surface area contributed by atoms with Gasteiger partial charge in [-0.15, -0.1) is 0 Å². The summed E-state index contributed by atoms with van der Waals surface area (Å²) in [5, 5.41) is 3.77. The van der Waals surface area contributed by atoms with Gasteiger partial charge < -0.3 is 14.8 Å². The summed E-state index contributed by atoms with van der Waals surface area (Å²) in [5.74, 6) is 2.27. The van der Waals surface area contributed by atoms with Gasteiger partial charge in [0.2, 0.25) is 0 Å². The van der Waals surface area contributed by atoms with Crippen molar-refractivity contribution in [2.24, 2.45) is 35.0 Å². The SMILES string of the molecule is CC1=C2C(=O)C3C(CC=C4CC(OC=O)CCC43C)C2CCC12OC1CC(C)CNC1C2C. The van der Waals surface area contributed by atoms with Gasteiger partial charge >= 0.3 is 0 Å². The zero-order valence-corrected chi connectivity index (χ0v) is 20.6. The number of allylic oxidation sites excluding steroid dienone is 2. The van der Waals surface area contributed by atoms with E-state index in [2.05, 4.69) is 39.1 Å². The molecule has 0 radical (unpaired) electrons. The quantitative estimate of drug-likeness (QED) is 0.497. The highest BCUT2D eigenvalue weighted by Gasteiger charge is 2.63. The van der Waals surface area contributed by atoms with Crippen LogP contribution in [-0.2, 0) is 19.1 Å². The third-order valence-corrected chi connectivity index (χ3v) is 10.8. The minimum atomic E-state index is -0.284. The van der Waals surface area contributed by atoms with Crippen molar-refractivity contribution in [1.82, 2.24) is 5.32 Å². The van der Waals surface area contributed by atoms with Crippen LogP contribution in [0.15, 0.2) is 22.8 Å². The summed E-state index contributed by atoms with van der Waals surface area (Å²) in [7, 11) is 0. The fourth-order valence-corrected chi connectivity index (χ4v) is 9.11. The molecule has 33 heavy (non-hydrogen) atoms. The molecule has 1 N–H and O–H groups in total. The minimum absolute atomic E-state index is 0.0349. The predicted molar refractivity (Wildman–Crippen MR) is 125 cm³/mol. The molecule has 0 aromatic heterocycles. The zero-order valence-electron chi connectivity index (χ0n) is 20.6. The van der Waals surface area contributed by atoms with Gasteiger partial charge in [-0.2, -0.15) is 0 Å². The molecule has 4 fully saturated rings. The second kappa shape index (κ2) is 7.52. The fraction of sp³-hybridized carbons (Fsp3) is 0.786. The Labute approximate surface area is 197 Å². The number of piperidine rings is 1. The molecule has 180 valence electrons. The third kappa shape index (κ3) is 2.90. The molecule has 1 spiro atoms. The number of carbonyl (C=O) groups is 2. The zero-order chi connectivity index (χ0) is 23.1. The van der Waals surface area contributed by atoms with Gasteiger partial charge in [0.25, 0.3) is 6.47 Å². The highest BCUT2D eigenvalue weighted by molar-refractivity contribution is 6.02. The summed E-state index contributed by atoms with van der Waals surface area (Å²) >= 11 is 0. The van der Waals surface area contributed by atoms with Crippen molar-refractivity contribution < 1.29 is 19.1 Å². The van der Waals surface area contributed by atoms with Crippen LogP contribution in [0.4, 0.5) is 0 Å². The van der Waals surface area contributed by atoms with Gasteiger partial charge in [0.05, 0.1) is 11.7 Å². The smallest absolute Gasteiger partial charge is 0.293 e. The molecule has 4 aliphatic carbocycles. The number of ketones is 1. The second-order valence-corrected chi connectivity index (χ2v) is 12.3. The molecular weight excluding hydrogens is 414 g/mol. The molecule has 2 saturated heterocycles. The Bertz CT molecular complexity index is 938. The largest absolute Gasteiger partial charge is 0.464 e. The van der Waals surface area contributed by atoms with Crippen LogP contribution in [0.1, 0.15) is 72.6 Å². The number of hydrogen-bond donors (Lipinski definition) is 1. The van der Waals surface area contributed by atoms with Crippen LogP contribution in [0.25, 0.3) is 0 Å². The van der Waals surface area contributed by atoms with E-state index in [4.69, 9.17) is 9.47 Å². The van der Waals surface area contributed by atoms with Crippen molar-refractivity contribution in [3.05, 3.63) is 22.8 Å². The molecule has 10 unspecified atom stereocenters. The molecule has 0 amide bonds. The Morgan fingerprint density at radius 3 is 2.85 bits per heavy atom. The van der Waals surface area contributed by atoms with E-state index in [1.807, 2.05) is 0 Å². The number of hydrogen-bond acceptors (Lipinski definition) is 5. The normalized spacial score (nSPS) is 50.9. The van der Waals surface area contributed by atoms with Crippen molar-refractivity contribution in [1.29, 1.82) is 0 Å². The van der Waals surface area contributed by atoms with Crippen molar-refractivity contribution in [2.45, 2.75) is 96.5 Å².